The number of allylic oxidation sites excluding steroid dienone is 2. The minimum atomic E-state index is -0.595. The number of likely N-dealkylation sites (tertiary alicyclic amines) is 1. The molecule has 4 heteroatoms. The van der Waals surface area contributed by atoms with Crippen molar-refractivity contribution >= 4 is 25.0 Å². The number of hydrogen-bond acceptors (Lipinski definition) is 2. The number of imide groups is 1. The van der Waals surface area contributed by atoms with Crippen molar-refractivity contribution in [1.29, 1.82) is 0 Å². The molecular formula is C25H34NO2P. The van der Waals surface area contributed by atoms with Crippen molar-refractivity contribution in [2.45, 2.75) is 77.5 Å². The van der Waals surface area contributed by atoms with Crippen LogP contribution < -0.4 is 5.30 Å². The first-order chi connectivity index (χ1) is 13.6. The summed E-state index contributed by atoms with van der Waals surface area (Å²) in [6, 6.07) is 4.83. The number of benzene rings is 1. The van der Waals surface area contributed by atoms with Crippen molar-refractivity contribution in [3.8, 4) is 0 Å². The molecule has 3 heterocycles. The van der Waals surface area contributed by atoms with Crippen molar-refractivity contribution in [3.63, 3.8) is 0 Å². The number of carbonyl (C=O) groups excluding carboxylic acids is 2. The van der Waals surface area contributed by atoms with Gasteiger partial charge in [-0.3, -0.25) is 14.5 Å². The summed E-state index contributed by atoms with van der Waals surface area (Å²) in [6.07, 6.45) is 2.34. The van der Waals surface area contributed by atoms with Gasteiger partial charge in [0.05, 0.1) is 11.8 Å². The third-order valence-electron chi connectivity index (χ3n) is 7.21. The van der Waals surface area contributed by atoms with Gasteiger partial charge < -0.3 is 0 Å². The molecule has 1 aromatic rings. The predicted octanol–water partition coefficient (Wildman–Crippen LogP) is 5.11. The van der Waals surface area contributed by atoms with E-state index in [0.29, 0.717) is 17.8 Å². The van der Waals surface area contributed by atoms with E-state index in [1.165, 1.54) is 32.5 Å². The molecule has 2 bridgehead atoms. The van der Waals surface area contributed by atoms with Gasteiger partial charge in [-0.15, -0.1) is 0 Å². The summed E-state index contributed by atoms with van der Waals surface area (Å²) < 4.78 is 0. The number of hydrogen-bond donors (Lipinski definition) is 0. The van der Waals surface area contributed by atoms with Gasteiger partial charge in [0.1, 0.15) is 0 Å². The molecule has 0 saturated carbocycles. The monoisotopic (exact) mass is 411 g/mol. The van der Waals surface area contributed by atoms with Crippen LogP contribution in [0.3, 0.4) is 0 Å². The van der Waals surface area contributed by atoms with Gasteiger partial charge in [0, 0.05) is 18.4 Å². The Balaban J connectivity index is 1.92. The lowest BCUT2D eigenvalue weighted by Gasteiger charge is -2.31. The second-order valence-corrected chi connectivity index (χ2v) is 12.5. The quantitative estimate of drug-likeness (QED) is 0.392. The van der Waals surface area contributed by atoms with E-state index in [9.17, 15) is 9.59 Å². The molecule has 0 aromatic heterocycles. The Morgan fingerprint density at radius 3 is 1.86 bits per heavy atom. The molecule has 3 nitrogen and oxygen atoms in total. The van der Waals surface area contributed by atoms with Crippen LogP contribution in [0, 0.1) is 11.8 Å². The van der Waals surface area contributed by atoms with Crippen molar-refractivity contribution in [2.24, 2.45) is 11.8 Å². The standard InChI is InChI=1S/C25H34NO2P/c1-12(2)16-10-17(13(3)4)23(18(11-16)14(5)6)29-19-9-15(7)22(29)21-20(19)24(27)26(8)25(21)28/h9-14,19-22H,1-8H3/t19-,20+,21+,22+,29?/m0/s1. The number of fused-ring (bicyclic) bond motifs is 5. The zero-order valence-electron chi connectivity index (χ0n) is 19.0. The fourth-order valence-corrected chi connectivity index (χ4v) is 10.1. The molecule has 3 aliphatic rings. The number of amides is 2. The minimum Gasteiger partial charge on any atom is -0.285 e. The Morgan fingerprint density at radius 1 is 0.862 bits per heavy atom. The highest BCUT2D eigenvalue weighted by Crippen LogP contribution is 2.69. The van der Waals surface area contributed by atoms with Crippen molar-refractivity contribution in [1.82, 2.24) is 4.90 Å². The normalized spacial score (nSPS) is 30.9. The maximum atomic E-state index is 13.0. The molecule has 156 valence electrons. The third-order valence-corrected chi connectivity index (χ3v) is 10.7. The zero-order valence-corrected chi connectivity index (χ0v) is 19.9. The summed E-state index contributed by atoms with van der Waals surface area (Å²) in [7, 11) is 1.07. The molecule has 2 saturated heterocycles. The maximum Gasteiger partial charge on any atom is 0.233 e. The first kappa shape index (κ1) is 20.8. The lowest BCUT2D eigenvalue weighted by molar-refractivity contribution is -0.138. The van der Waals surface area contributed by atoms with Gasteiger partial charge in [0.15, 0.2) is 0 Å². The molecule has 1 aromatic carbocycles. The average molecular weight is 412 g/mol. The van der Waals surface area contributed by atoms with Gasteiger partial charge in [-0.2, -0.15) is 0 Å². The molecule has 4 rings (SSSR count). The lowest BCUT2D eigenvalue weighted by atomic mass is 9.82. The summed E-state index contributed by atoms with van der Waals surface area (Å²) in [5.74, 6) is 1.15. The van der Waals surface area contributed by atoms with Gasteiger partial charge >= 0.3 is 0 Å². The van der Waals surface area contributed by atoms with Crippen LogP contribution in [0.4, 0.5) is 0 Å². The van der Waals surface area contributed by atoms with E-state index in [0.717, 1.165) is 0 Å². The molecule has 0 spiro atoms. The minimum absolute atomic E-state index is 0.0414. The van der Waals surface area contributed by atoms with Crippen LogP contribution >= 0.6 is 7.92 Å². The molecule has 0 aliphatic carbocycles. The lowest BCUT2D eigenvalue weighted by Crippen LogP contribution is -2.32. The molecule has 2 amide bonds. The molecule has 5 atom stereocenters. The molecular weight excluding hydrogens is 377 g/mol. The van der Waals surface area contributed by atoms with Crippen LogP contribution in [0.2, 0.25) is 0 Å². The number of nitrogens with zero attached hydrogens (tertiary/aromatic N) is 1. The Hall–Kier alpha value is -1.47. The zero-order chi connectivity index (χ0) is 21.4. The summed E-state index contributed by atoms with van der Waals surface area (Å²) in [6.45, 7) is 15.8. The molecule has 3 aliphatic heterocycles. The van der Waals surface area contributed by atoms with Gasteiger partial charge in [-0.1, -0.05) is 73.2 Å². The van der Waals surface area contributed by atoms with E-state index >= 15 is 0 Å². The Morgan fingerprint density at radius 2 is 1.38 bits per heavy atom. The number of carbonyl (C=O) groups is 2. The highest BCUT2D eigenvalue weighted by molar-refractivity contribution is 7.68. The third kappa shape index (κ3) is 2.87. The topological polar surface area (TPSA) is 37.4 Å². The van der Waals surface area contributed by atoms with Crippen molar-refractivity contribution in [2.75, 3.05) is 7.05 Å². The Labute approximate surface area is 176 Å². The van der Waals surface area contributed by atoms with E-state index in [1.807, 2.05) is 0 Å². The fraction of sp³-hybridized carbons (Fsp3) is 0.600. The first-order valence-electron chi connectivity index (χ1n) is 11.0. The molecule has 0 radical (unpaired) electrons. The second kappa shape index (κ2) is 7.05. The van der Waals surface area contributed by atoms with Crippen LogP contribution in [0.25, 0.3) is 0 Å². The summed E-state index contributed by atoms with van der Waals surface area (Å²) >= 11 is 0. The van der Waals surface area contributed by atoms with E-state index in [2.05, 4.69) is 66.7 Å². The highest BCUT2D eigenvalue weighted by atomic mass is 31.1. The van der Waals surface area contributed by atoms with Crippen LogP contribution in [0.15, 0.2) is 23.8 Å². The number of rotatable bonds is 4. The highest BCUT2D eigenvalue weighted by Gasteiger charge is 2.64. The van der Waals surface area contributed by atoms with Gasteiger partial charge in [0.25, 0.3) is 0 Å². The smallest absolute Gasteiger partial charge is 0.233 e. The van der Waals surface area contributed by atoms with Crippen LogP contribution in [-0.2, 0) is 9.59 Å². The van der Waals surface area contributed by atoms with Crippen LogP contribution in [-0.4, -0.2) is 35.1 Å². The van der Waals surface area contributed by atoms with Gasteiger partial charge in [-0.05, 0) is 46.7 Å². The fourth-order valence-electron chi connectivity index (χ4n) is 5.64. The van der Waals surface area contributed by atoms with Crippen LogP contribution in [0.5, 0.6) is 0 Å². The molecule has 1 unspecified atom stereocenters. The summed E-state index contributed by atoms with van der Waals surface area (Å²) in [5.41, 5.74) is 6.05. The molecule has 0 N–H and O–H groups in total. The largest absolute Gasteiger partial charge is 0.285 e. The summed E-state index contributed by atoms with van der Waals surface area (Å²) in [4.78, 5) is 27.3. The van der Waals surface area contributed by atoms with Crippen molar-refractivity contribution in [3.05, 3.63) is 40.5 Å². The van der Waals surface area contributed by atoms with E-state index < -0.39 is 7.92 Å². The predicted molar refractivity (Wildman–Crippen MR) is 121 cm³/mol. The SMILES string of the molecule is CC1=C[C@H]2[C@H]3C(=O)N(C)C(=O)[C@H]3[C@@H]1P2c1c(C(C)C)cc(C(C)C)cc1C(C)C. The van der Waals surface area contributed by atoms with E-state index in [4.69, 9.17) is 0 Å². The average Bonchev–Trinajstić information content (AvgIpc) is 3.22. The Kier molecular flexibility index (Phi) is 5.05. The van der Waals surface area contributed by atoms with Crippen LogP contribution in [0.1, 0.15) is 82.9 Å². The molecule has 29 heavy (non-hydrogen) atoms. The first-order valence-corrected chi connectivity index (χ1v) is 12.5. The van der Waals surface area contributed by atoms with Gasteiger partial charge in [0.2, 0.25) is 11.8 Å². The summed E-state index contributed by atoms with van der Waals surface area (Å²) in [5, 5.41) is 1.50. The van der Waals surface area contributed by atoms with Gasteiger partial charge in [-0.25, -0.2) is 0 Å². The second-order valence-electron chi connectivity index (χ2n) is 10.1. The Bertz CT molecular complexity index is 884. The van der Waals surface area contributed by atoms with E-state index in [-0.39, 0.29) is 35.0 Å². The van der Waals surface area contributed by atoms with E-state index in [1.54, 1.807) is 7.05 Å². The maximum absolute atomic E-state index is 13.0. The molecule has 2 fully saturated rings. The van der Waals surface area contributed by atoms with Crippen molar-refractivity contribution < 1.29 is 9.59 Å².